The Bertz CT molecular complexity index is 628. The fraction of sp³-hybridized carbons (Fsp3) is 0.133. The monoisotopic (exact) mass is 237 g/mol. The highest BCUT2D eigenvalue weighted by Crippen LogP contribution is 2.14. The quantitative estimate of drug-likeness (QED) is 0.732. The first kappa shape index (κ1) is 11.0. The van der Waals surface area contributed by atoms with Crippen molar-refractivity contribution in [3.63, 3.8) is 0 Å². The first-order chi connectivity index (χ1) is 8.93. The fourth-order valence-corrected chi connectivity index (χ4v) is 2.08. The lowest BCUT2D eigenvalue weighted by atomic mass is 10.2. The van der Waals surface area contributed by atoms with Crippen molar-refractivity contribution >= 4 is 10.9 Å². The highest BCUT2D eigenvalue weighted by molar-refractivity contribution is 5.81. The zero-order valence-corrected chi connectivity index (χ0v) is 10.1. The first-order valence-corrected chi connectivity index (χ1v) is 6.10. The van der Waals surface area contributed by atoms with Gasteiger partial charge in [-0.2, -0.15) is 5.10 Å². The van der Waals surface area contributed by atoms with Crippen molar-refractivity contribution in [1.29, 1.82) is 0 Å². The second-order valence-corrected chi connectivity index (χ2v) is 4.31. The Morgan fingerprint density at radius 3 is 2.56 bits per heavy atom. The van der Waals surface area contributed by atoms with Gasteiger partial charge in [0.1, 0.15) is 0 Å². The molecule has 0 saturated heterocycles. The van der Waals surface area contributed by atoms with Crippen molar-refractivity contribution in [2.75, 3.05) is 0 Å². The van der Waals surface area contributed by atoms with Gasteiger partial charge >= 0.3 is 0 Å². The summed E-state index contributed by atoms with van der Waals surface area (Å²) in [6.45, 7) is 1.67. The molecule has 1 aromatic heterocycles. The number of aromatic nitrogens is 2. The van der Waals surface area contributed by atoms with Crippen LogP contribution in [-0.4, -0.2) is 10.2 Å². The van der Waals surface area contributed by atoms with Crippen molar-refractivity contribution in [1.82, 2.24) is 15.5 Å². The highest BCUT2D eigenvalue weighted by Gasteiger charge is 2.03. The van der Waals surface area contributed by atoms with Crippen LogP contribution in [0.25, 0.3) is 10.9 Å². The molecule has 3 rings (SSSR count). The summed E-state index contributed by atoms with van der Waals surface area (Å²) in [7, 11) is 0. The molecule has 0 amide bonds. The third-order valence-corrected chi connectivity index (χ3v) is 3.01. The van der Waals surface area contributed by atoms with E-state index in [1.54, 1.807) is 0 Å². The Morgan fingerprint density at radius 1 is 0.889 bits per heavy atom. The zero-order chi connectivity index (χ0) is 12.2. The van der Waals surface area contributed by atoms with Crippen LogP contribution in [-0.2, 0) is 13.1 Å². The average molecular weight is 237 g/mol. The van der Waals surface area contributed by atoms with Gasteiger partial charge in [-0.1, -0.05) is 48.5 Å². The minimum absolute atomic E-state index is 0.801. The van der Waals surface area contributed by atoms with E-state index in [0.29, 0.717) is 0 Å². The molecule has 0 aliphatic rings. The largest absolute Gasteiger partial charge is 0.307 e. The minimum atomic E-state index is 0.801. The SMILES string of the molecule is c1ccc(CNCc2[nH]nc3ccccc23)cc1. The Hall–Kier alpha value is -2.13. The molecule has 18 heavy (non-hydrogen) atoms. The predicted octanol–water partition coefficient (Wildman–Crippen LogP) is 2.85. The molecular weight excluding hydrogens is 222 g/mol. The van der Waals surface area contributed by atoms with Gasteiger partial charge in [-0.15, -0.1) is 0 Å². The molecule has 3 nitrogen and oxygen atoms in total. The normalized spacial score (nSPS) is 10.9. The van der Waals surface area contributed by atoms with E-state index < -0.39 is 0 Å². The number of nitrogens with zero attached hydrogens (tertiary/aromatic N) is 1. The van der Waals surface area contributed by atoms with Gasteiger partial charge < -0.3 is 5.32 Å². The Kier molecular flexibility index (Phi) is 3.07. The summed E-state index contributed by atoms with van der Waals surface area (Å²) in [5, 5.41) is 12.0. The number of para-hydroxylation sites is 1. The van der Waals surface area contributed by atoms with Crippen LogP contribution in [0.5, 0.6) is 0 Å². The highest BCUT2D eigenvalue weighted by atomic mass is 15.1. The molecule has 2 N–H and O–H groups in total. The number of fused-ring (bicyclic) bond motifs is 1. The zero-order valence-electron chi connectivity index (χ0n) is 10.1. The van der Waals surface area contributed by atoms with Crippen molar-refractivity contribution in [3.8, 4) is 0 Å². The van der Waals surface area contributed by atoms with Crippen LogP contribution in [0.15, 0.2) is 54.6 Å². The summed E-state index contributed by atoms with van der Waals surface area (Å²) in [4.78, 5) is 0. The number of hydrogen-bond acceptors (Lipinski definition) is 2. The Morgan fingerprint density at radius 2 is 1.67 bits per heavy atom. The number of nitrogens with one attached hydrogen (secondary N) is 2. The van der Waals surface area contributed by atoms with Gasteiger partial charge in [0.2, 0.25) is 0 Å². The van der Waals surface area contributed by atoms with Gasteiger partial charge in [-0.3, -0.25) is 5.10 Å². The van der Waals surface area contributed by atoms with Crippen LogP contribution in [0.4, 0.5) is 0 Å². The second kappa shape index (κ2) is 5.02. The topological polar surface area (TPSA) is 40.7 Å². The van der Waals surface area contributed by atoms with E-state index in [9.17, 15) is 0 Å². The summed E-state index contributed by atoms with van der Waals surface area (Å²) in [5.74, 6) is 0. The molecule has 0 aliphatic carbocycles. The van der Waals surface area contributed by atoms with Crippen molar-refractivity contribution in [2.45, 2.75) is 13.1 Å². The lowest BCUT2D eigenvalue weighted by Crippen LogP contribution is -2.13. The number of aromatic amines is 1. The minimum Gasteiger partial charge on any atom is -0.307 e. The maximum Gasteiger partial charge on any atom is 0.0924 e. The van der Waals surface area contributed by atoms with Gasteiger partial charge in [-0.25, -0.2) is 0 Å². The average Bonchev–Trinajstić information content (AvgIpc) is 2.84. The van der Waals surface area contributed by atoms with Gasteiger partial charge in [0.05, 0.1) is 11.2 Å². The molecule has 0 bridgehead atoms. The molecule has 3 heteroatoms. The van der Waals surface area contributed by atoms with Crippen LogP contribution in [0.3, 0.4) is 0 Å². The number of hydrogen-bond donors (Lipinski definition) is 2. The predicted molar refractivity (Wildman–Crippen MR) is 73.1 cm³/mol. The second-order valence-electron chi connectivity index (χ2n) is 4.31. The summed E-state index contributed by atoms with van der Waals surface area (Å²) in [5.41, 5.74) is 3.46. The molecule has 3 aromatic rings. The van der Waals surface area contributed by atoms with Crippen molar-refractivity contribution < 1.29 is 0 Å². The molecule has 0 aliphatic heterocycles. The van der Waals surface area contributed by atoms with Crippen LogP contribution >= 0.6 is 0 Å². The summed E-state index contributed by atoms with van der Waals surface area (Å²) >= 11 is 0. The lowest BCUT2D eigenvalue weighted by molar-refractivity contribution is 0.680. The third-order valence-electron chi connectivity index (χ3n) is 3.01. The van der Waals surface area contributed by atoms with Crippen LogP contribution in [0.1, 0.15) is 11.3 Å². The van der Waals surface area contributed by atoms with Gasteiger partial charge in [0.25, 0.3) is 0 Å². The van der Waals surface area contributed by atoms with Gasteiger partial charge in [0, 0.05) is 18.5 Å². The first-order valence-electron chi connectivity index (χ1n) is 6.10. The van der Waals surface area contributed by atoms with Crippen LogP contribution in [0.2, 0.25) is 0 Å². The molecule has 0 unspecified atom stereocenters. The molecular formula is C15H15N3. The Labute approximate surface area is 106 Å². The van der Waals surface area contributed by atoms with E-state index in [1.165, 1.54) is 10.9 Å². The summed E-state index contributed by atoms with van der Waals surface area (Å²) in [6.07, 6.45) is 0. The van der Waals surface area contributed by atoms with E-state index in [1.807, 2.05) is 24.3 Å². The van der Waals surface area contributed by atoms with E-state index in [2.05, 4.69) is 45.8 Å². The molecule has 90 valence electrons. The van der Waals surface area contributed by atoms with E-state index in [4.69, 9.17) is 0 Å². The van der Waals surface area contributed by atoms with Crippen molar-refractivity contribution in [2.24, 2.45) is 0 Å². The van der Waals surface area contributed by atoms with E-state index in [0.717, 1.165) is 24.3 Å². The molecule has 0 spiro atoms. The van der Waals surface area contributed by atoms with E-state index >= 15 is 0 Å². The van der Waals surface area contributed by atoms with Gasteiger partial charge in [0.15, 0.2) is 0 Å². The summed E-state index contributed by atoms with van der Waals surface area (Å²) in [6, 6.07) is 18.6. The smallest absolute Gasteiger partial charge is 0.0924 e. The third kappa shape index (κ3) is 2.26. The van der Waals surface area contributed by atoms with Gasteiger partial charge in [-0.05, 0) is 11.6 Å². The lowest BCUT2D eigenvalue weighted by Gasteiger charge is -2.03. The number of H-pyrrole nitrogens is 1. The standard InChI is InChI=1S/C15H15N3/c1-2-6-12(7-3-1)10-16-11-15-13-8-4-5-9-14(13)17-18-15/h1-9,16H,10-11H2,(H,17,18). The maximum absolute atomic E-state index is 4.28. The maximum atomic E-state index is 4.28. The summed E-state index contributed by atoms with van der Waals surface area (Å²) < 4.78 is 0. The molecule has 0 saturated carbocycles. The van der Waals surface area contributed by atoms with E-state index in [-0.39, 0.29) is 0 Å². The number of benzene rings is 2. The molecule has 0 radical (unpaired) electrons. The molecule has 0 atom stereocenters. The van der Waals surface area contributed by atoms with Crippen LogP contribution in [0, 0.1) is 0 Å². The fourth-order valence-electron chi connectivity index (χ4n) is 2.08. The molecule has 1 heterocycles. The molecule has 0 fully saturated rings. The number of rotatable bonds is 4. The van der Waals surface area contributed by atoms with Crippen molar-refractivity contribution in [3.05, 3.63) is 65.9 Å². The Balaban J connectivity index is 1.67. The molecule has 2 aromatic carbocycles. The van der Waals surface area contributed by atoms with Crippen LogP contribution < -0.4 is 5.32 Å².